The zero-order chi connectivity index (χ0) is 19.6. The molecular weight excluding hydrogens is 352 g/mol. The number of benzene rings is 1. The molecule has 1 aromatic rings. The average molecular weight is 381 g/mol. The van der Waals surface area contributed by atoms with E-state index >= 15 is 0 Å². The minimum Gasteiger partial charge on any atom is -0.496 e. The number of carbonyl (C=O) groups is 1. The number of methoxy groups -OCH3 is 1. The van der Waals surface area contributed by atoms with E-state index in [1.807, 2.05) is 0 Å². The van der Waals surface area contributed by atoms with Gasteiger partial charge >= 0.3 is 0 Å². The molecule has 0 bridgehead atoms. The molecule has 5 nitrogen and oxygen atoms in total. The second-order valence-corrected chi connectivity index (χ2v) is 7.65. The number of hydrogen-bond acceptors (Lipinski definition) is 4. The Kier molecular flexibility index (Phi) is 6.32. The SMILES string of the molecule is COc1ccc(F)c(F)c1C(=O)N1CCC([C@H](C)N2CCN(C)CC2)CC1. The summed E-state index contributed by atoms with van der Waals surface area (Å²) in [6.07, 6.45) is 1.75. The first kappa shape index (κ1) is 20.0. The molecule has 7 heteroatoms. The Hall–Kier alpha value is -1.73. The van der Waals surface area contributed by atoms with Gasteiger partial charge in [0.15, 0.2) is 11.6 Å². The van der Waals surface area contributed by atoms with E-state index in [0.717, 1.165) is 45.1 Å². The van der Waals surface area contributed by atoms with Crippen molar-refractivity contribution in [1.29, 1.82) is 0 Å². The molecule has 150 valence electrons. The first-order valence-corrected chi connectivity index (χ1v) is 9.66. The molecule has 1 aromatic carbocycles. The minimum atomic E-state index is -1.13. The first-order valence-electron chi connectivity index (χ1n) is 9.66. The van der Waals surface area contributed by atoms with Gasteiger partial charge in [0.1, 0.15) is 11.3 Å². The van der Waals surface area contributed by atoms with Crippen molar-refractivity contribution >= 4 is 5.91 Å². The van der Waals surface area contributed by atoms with Crippen molar-refractivity contribution in [2.75, 3.05) is 53.4 Å². The number of likely N-dealkylation sites (N-methyl/N-ethyl adjacent to an activating group) is 1. The van der Waals surface area contributed by atoms with Crippen LogP contribution in [0.25, 0.3) is 0 Å². The maximum absolute atomic E-state index is 14.2. The van der Waals surface area contributed by atoms with Crippen molar-refractivity contribution in [3.8, 4) is 5.75 Å². The number of amides is 1. The first-order chi connectivity index (χ1) is 12.9. The average Bonchev–Trinajstić information content (AvgIpc) is 2.69. The lowest BCUT2D eigenvalue weighted by Gasteiger charge is -2.42. The zero-order valence-corrected chi connectivity index (χ0v) is 16.4. The molecule has 2 aliphatic heterocycles. The van der Waals surface area contributed by atoms with Crippen molar-refractivity contribution in [3.63, 3.8) is 0 Å². The number of piperidine rings is 1. The third-order valence-electron chi connectivity index (χ3n) is 6.11. The van der Waals surface area contributed by atoms with Gasteiger partial charge in [-0.1, -0.05) is 0 Å². The Balaban J connectivity index is 1.62. The van der Waals surface area contributed by atoms with Crippen LogP contribution in [0.5, 0.6) is 5.75 Å². The Labute approximate surface area is 159 Å². The van der Waals surface area contributed by atoms with Crippen molar-refractivity contribution in [3.05, 3.63) is 29.3 Å². The molecule has 0 aliphatic carbocycles. The van der Waals surface area contributed by atoms with Gasteiger partial charge in [0.2, 0.25) is 0 Å². The van der Waals surface area contributed by atoms with Crippen molar-refractivity contribution in [2.24, 2.45) is 5.92 Å². The van der Waals surface area contributed by atoms with Gasteiger partial charge in [-0.05, 0) is 44.9 Å². The van der Waals surface area contributed by atoms with Gasteiger partial charge in [-0.3, -0.25) is 9.69 Å². The van der Waals surface area contributed by atoms with Crippen LogP contribution in [0.3, 0.4) is 0 Å². The Bertz CT molecular complexity index is 669. The lowest BCUT2D eigenvalue weighted by molar-refractivity contribution is 0.0494. The number of carbonyl (C=O) groups excluding carboxylic acids is 1. The summed E-state index contributed by atoms with van der Waals surface area (Å²) in [6.45, 7) is 7.69. The molecule has 0 N–H and O–H groups in total. The quantitative estimate of drug-likeness (QED) is 0.803. The smallest absolute Gasteiger partial charge is 0.260 e. The lowest BCUT2D eigenvalue weighted by atomic mass is 9.88. The highest BCUT2D eigenvalue weighted by Gasteiger charge is 2.33. The van der Waals surface area contributed by atoms with Crippen LogP contribution >= 0.6 is 0 Å². The van der Waals surface area contributed by atoms with Crippen LogP contribution in [0.15, 0.2) is 12.1 Å². The minimum absolute atomic E-state index is 0.0758. The van der Waals surface area contributed by atoms with Crippen LogP contribution in [-0.4, -0.2) is 80.1 Å². The van der Waals surface area contributed by atoms with Gasteiger partial charge in [0.05, 0.1) is 7.11 Å². The molecule has 2 saturated heterocycles. The molecule has 0 spiro atoms. The standard InChI is InChI=1S/C20H29F2N3O2/c1-14(24-12-10-23(2)11-13-24)15-6-8-25(9-7-15)20(26)18-17(27-3)5-4-16(21)19(18)22/h4-5,14-15H,6-13H2,1-3H3/t14-/m0/s1. The van der Waals surface area contributed by atoms with E-state index in [1.54, 1.807) is 4.90 Å². The second kappa shape index (κ2) is 8.52. The van der Waals surface area contributed by atoms with Crippen LogP contribution in [-0.2, 0) is 0 Å². The van der Waals surface area contributed by atoms with E-state index in [9.17, 15) is 13.6 Å². The molecule has 0 aromatic heterocycles. The van der Waals surface area contributed by atoms with Gasteiger partial charge in [-0.25, -0.2) is 8.78 Å². The highest BCUT2D eigenvalue weighted by Crippen LogP contribution is 2.29. The van der Waals surface area contributed by atoms with Crippen LogP contribution in [0.1, 0.15) is 30.1 Å². The number of likely N-dealkylation sites (tertiary alicyclic amines) is 1. The summed E-state index contributed by atoms with van der Waals surface area (Å²) in [7, 11) is 3.50. The Morgan fingerprint density at radius 3 is 2.33 bits per heavy atom. The molecule has 3 rings (SSSR count). The van der Waals surface area contributed by atoms with E-state index in [1.165, 1.54) is 13.2 Å². The largest absolute Gasteiger partial charge is 0.496 e. The molecular formula is C20H29F2N3O2. The normalized spacial score (nSPS) is 21.3. The molecule has 0 saturated carbocycles. The van der Waals surface area contributed by atoms with E-state index in [-0.39, 0.29) is 11.3 Å². The molecule has 27 heavy (non-hydrogen) atoms. The van der Waals surface area contributed by atoms with Gasteiger partial charge in [-0.2, -0.15) is 0 Å². The fourth-order valence-electron chi connectivity index (χ4n) is 4.17. The number of hydrogen-bond donors (Lipinski definition) is 0. The van der Waals surface area contributed by atoms with Crippen molar-refractivity contribution in [1.82, 2.24) is 14.7 Å². The number of rotatable bonds is 4. The number of halogens is 2. The summed E-state index contributed by atoms with van der Waals surface area (Å²) in [5.74, 6) is -2.07. The van der Waals surface area contributed by atoms with Crippen LogP contribution in [0.4, 0.5) is 8.78 Å². The molecule has 1 amide bonds. The number of ether oxygens (including phenoxy) is 1. The maximum Gasteiger partial charge on any atom is 0.260 e. The van der Waals surface area contributed by atoms with Crippen molar-refractivity contribution < 1.29 is 18.3 Å². The predicted octanol–water partition coefficient (Wildman–Crippen LogP) is 2.46. The second-order valence-electron chi connectivity index (χ2n) is 7.65. The Morgan fingerprint density at radius 1 is 1.11 bits per heavy atom. The fourth-order valence-corrected chi connectivity index (χ4v) is 4.17. The van der Waals surface area contributed by atoms with E-state index in [0.29, 0.717) is 25.0 Å². The summed E-state index contributed by atoms with van der Waals surface area (Å²) in [4.78, 5) is 19.3. The van der Waals surface area contributed by atoms with Gasteiger partial charge in [-0.15, -0.1) is 0 Å². The molecule has 2 aliphatic rings. The van der Waals surface area contributed by atoms with E-state index in [4.69, 9.17) is 4.74 Å². The summed E-state index contributed by atoms with van der Waals surface area (Å²) < 4.78 is 32.9. The van der Waals surface area contributed by atoms with Gasteiger partial charge < -0.3 is 14.5 Å². The van der Waals surface area contributed by atoms with Crippen molar-refractivity contribution in [2.45, 2.75) is 25.8 Å². The third kappa shape index (κ3) is 4.24. The fraction of sp³-hybridized carbons (Fsp3) is 0.650. The number of piperazine rings is 1. The van der Waals surface area contributed by atoms with Gasteiger partial charge in [0.25, 0.3) is 5.91 Å². The van der Waals surface area contributed by atoms with E-state index in [2.05, 4.69) is 23.8 Å². The summed E-state index contributed by atoms with van der Waals surface area (Å²) in [5, 5.41) is 0. The van der Waals surface area contributed by atoms with Crippen LogP contribution < -0.4 is 4.74 Å². The summed E-state index contributed by atoms with van der Waals surface area (Å²) in [5.41, 5.74) is -0.303. The maximum atomic E-state index is 14.2. The van der Waals surface area contributed by atoms with Crippen LogP contribution in [0, 0.1) is 17.6 Å². The number of nitrogens with zero attached hydrogens (tertiary/aromatic N) is 3. The molecule has 1 atom stereocenters. The third-order valence-corrected chi connectivity index (χ3v) is 6.11. The van der Waals surface area contributed by atoms with Gasteiger partial charge in [0, 0.05) is 45.3 Å². The molecule has 2 heterocycles. The van der Waals surface area contributed by atoms with E-state index < -0.39 is 17.5 Å². The predicted molar refractivity (Wildman–Crippen MR) is 100 cm³/mol. The lowest BCUT2D eigenvalue weighted by Crippen LogP contribution is -2.52. The zero-order valence-electron chi connectivity index (χ0n) is 16.4. The highest BCUT2D eigenvalue weighted by molar-refractivity contribution is 5.97. The molecule has 0 unspecified atom stereocenters. The summed E-state index contributed by atoms with van der Waals surface area (Å²) >= 11 is 0. The Morgan fingerprint density at radius 2 is 1.74 bits per heavy atom. The summed E-state index contributed by atoms with van der Waals surface area (Å²) in [6, 6.07) is 2.75. The highest BCUT2D eigenvalue weighted by atomic mass is 19.2. The monoisotopic (exact) mass is 381 g/mol. The molecule has 0 radical (unpaired) electrons. The topological polar surface area (TPSA) is 36.0 Å². The molecule has 2 fully saturated rings. The van der Waals surface area contributed by atoms with Crippen LogP contribution in [0.2, 0.25) is 0 Å².